The van der Waals surface area contributed by atoms with Gasteiger partial charge in [-0.05, 0) is 53.7 Å². The number of nitrogens with one attached hydrogen (secondary N) is 1. The van der Waals surface area contributed by atoms with Crippen molar-refractivity contribution in [2.24, 2.45) is 0 Å². The van der Waals surface area contributed by atoms with Crippen LogP contribution >= 0.6 is 31.9 Å². The molecule has 5 heteroatoms. The maximum atomic E-state index is 5.98. The molecule has 2 aromatic rings. The van der Waals surface area contributed by atoms with Gasteiger partial charge < -0.3 is 10.1 Å². The van der Waals surface area contributed by atoms with E-state index < -0.39 is 0 Å². The lowest BCUT2D eigenvalue weighted by Crippen LogP contribution is -2.18. The lowest BCUT2D eigenvalue weighted by atomic mass is 10.1. The molecule has 0 saturated heterocycles. The Bertz CT molecular complexity index is 605. The van der Waals surface area contributed by atoms with Crippen LogP contribution in [0.2, 0.25) is 0 Å². The minimum Gasteiger partial charge on any atom is -0.489 e. The topological polar surface area (TPSA) is 34.1 Å². The van der Waals surface area contributed by atoms with Gasteiger partial charge in [0.1, 0.15) is 12.4 Å². The highest BCUT2D eigenvalue weighted by atomic mass is 79.9. The fourth-order valence-electron chi connectivity index (χ4n) is 2.10. The highest BCUT2D eigenvalue weighted by molar-refractivity contribution is 9.10. The summed E-state index contributed by atoms with van der Waals surface area (Å²) in [6, 6.07) is 8.35. The van der Waals surface area contributed by atoms with E-state index in [-0.39, 0.29) is 6.04 Å². The second-order valence-corrected chi connectivity index (χ2v) is 6.59. The Hall–Kier alpha value is -0.910. The van der Waals surface area contributed by atoms with Crippen LogP contribution in [0.5, 0.6) is 5.75 Å². The fraction of sp³-hybridized carbons (Fsp3) is 0.312. The van der Waals surface area contributed by atoms with E-state index in [0.717, 1.165) is 32.4 Å². The number of pyridine rings is 1. The third kappa shape index (κ3) is 4.80. The SMILES string of the molecule is CCNC(C)c1cc(Br)ccc1OCc1cncc(Br)c1. The van der Waals surface area contributed by atoms with E-state index in [1.54, 1.807) is 6.20 Å². The first-order valence-corrected chi connectivity index (χ1v) is 8.43. The van der Waals surface area contributed by atoms with Gasteiger partial charge in [0.05, 0.1) is 0 Å². The van der Waals surface area contributed by atoms with E-state index in [1.165, 1.54) is 0 Å². The van der Waals surface area contributed by atoms with Gasteiger partial charge in [-0.1, -0.05) is 22.9 Å². The molecule has 0 spiro atoms. The molecule has 0 saturated carbocycles. The van der Waals surface area contributed by atoms with Crippen LogP contribution in [0.25, 0.3) is 0 Å². The van der Waals surface area contributed by atoms with Crippen LogP contribution < -0.4 is 10.1 Å². The largest absolute Gasteiger partial charge is 0.489 e. The molecular formula is C16H18Br2N2O. The number of rotatable bonds is 6. The van der Waals surface area contributed by atoms with E-state index in [1.807, 2.05) is 24.4 Å². The lowest BCUT2D eigenvalue weighted by Gasteiger charge is -2.18. The highest BCUT2D eigenvalue weighted by Gasteiger charge is 2.12. The van der Waals surface area contributed by atoms with E-state index >= 15 is 0 Å². The number of hydrogen-bond donors (Lipinski definition) is 1. The Morgan fingerprint density at radius 1 is 1.19 bits per heavy atom. The quantitative estimate of drug-likeness (QED) is 0.734. The van der Waals surface area contributed by atoms with Crippen molar-refractivity contribution in [3.63, 3.8) is 0 Å². The summed E-state index contributed by atoms with van der Waals surface area (Å²) in [5.74, 6) is 0.895. The summed E-state index contributed by atoms with van der Waals surface area (Å²) in [4.78, 5) is 4.15. The van der Waals surface area contributed by atoms with Gasteiger partial charge in [-0.25, -0.2) is 0 Å². The first-order valence-electron chi connectivity index (χ1n) is 6.85. The second kappa shape index (κ2) is 7.92. The van der Waals surface area contributed by atoms with Crippen molar-refractivity contribution < 1.29 is 4.74 Å². The molecule has 0 bridgehead atoms. The zero-order valence-corrected chi connectivity index (χ0v) is 15.2. The van der Waals surface area contributed by atoms with Gasteiger partial charge in [-0.2, -0.15) is 0 Å². The molecule has 1 heterocycles. The summed E-state index contributed by atoms with van der Waals surface area (Å²) in [6.07, 6.45) is 3.58. The summed E-state index contributed by atoms with van der Waals surface area (Å²) in [5.41, 5.74) is 2.18. The summed E-state index contributed by atoms with van der Waals surface area (Å²) >= 11 is 6.94. The lowest BCUT2D eigenvalue weighted by molar-refractivity contribution is 0.299. The first kappa shape index (κ1) is 16.5. The molecule has 0 amide bonds. The third-order valence-electron chi connectivity index (χ3n) is 3.10. The van der Waals surface area contributed by atoms with Crippen molar-refractivity contribution in [3.05, 3.63) is 56.7 Å². The van der Waals surface area contributed by atoms with Crippen molar-refractivity contribution in [2.45, 2.75) is 26.5 Å². The summed E-state index contributed by atoms with van der Waals surface area (Å²) in [6.45, 7) is 5.66. The molecule has 1 aromatic heterocycles. The predicted molar refractivity (Wildman–Crippen MR) is 92.5 cm³/mol. The van der Waals surface area contributed by atoms with Gasteiger partial charge in [-0.3, -0.25) is 4.98 Å². The molecule has 1 unspecified atom stereocenters. The Balaban J connectivity index is 2.15. The summed E-state index contributed by atoms with van der Waals surface area (Å²) in [7, 11) is 0. The van der Waals surface area contributed by atoms with E-state index in [0.29, 0.717) is 6.61 Å². The molecule has 112 valence electrons. The first-order chi connectivity index (χ1) is 10.1. The number of nitrogens with zero attached hydrogens (tertiary/aromatic N) is 1. The fourth-order valence-corrected chi connectivity index (χ4v) is 2.89. The molecule has 0 aliphatic carbocycles. The van der Waals surface area contributed by atoms with E-state index in [2.05, 4.69) is 62.1 Å². The zero-order chi connectivity index (χ0) is 15.2. The number of ether oxygens (including phenoxy) is 1. The van der Waals surface area contributed by atoms with Crippen LogP contribution in [-0.2, 0) is 6.61 Å². The molecule has 0 radical (unpaired) electrons. The normalized spacial score (nSPS) is 12.2. The number of hydrogen-bond acceptors (Lipinski definition) is 3. The minimum absolute atomic E-state index is 0.239. The molecule has 0 aliphatic heterocycles. The minimum atomic E-state index is 0.239. The van der Waals surface area contributed by atoms with E-state index in [4.69, 9.17) is 4.74 Å². The van der Waals surface area contributed by atoms with Crippen molar-refractivity contribution in [1.82, 2.24) is 10.3 Å². The van der Waals surface area contributed by atoms with Crippen molar-refractivity contribution >= 4 is 31.9 Å². The number of halogens is 2. The molecule has 0 fully saturated rings. The van der Waals surface area contributed by atoms with Gasteiger partial charge in [0.15, 0.2) is 0 Å². The van der Waals surface area contributed by atoms with Crippen molar-refractivity contribution in [3.8, 4) is 5.75 Å². The monoisotopic (exact) mass is 412 g/mol. The van der Waals surface area contributed by atoms with Crippen LogP contribution in [0.1, 0.15) is 31.0 Å². The molecule has 1 N–H and O–H groups in total. The van der Waals surface area contributed by atoms with Crippen molar-refractivity contribution in [1.29, 1.82) is 0 Å². The van der Waals surface area contributed by atoms with Gasteiger partial charge in [-0.15, -0.1) is 0 Å². The third-order valence-corrected chi connectivity index (χ3v) is 4.03. The molecule has 21 heavy (non-hydrogen) atoms. The molecule has 3 nitrogen and oxygen atoms in total. The average molecular weight is 414 g/mol. The maximum absolute atomic E-state index is 5.98. The smallest absolute Gasteiger partial charge is 0.124 e. The number of benzene rings is 1. The van der Waals surface area contributed by atoms with Gasteiger partial charge >= 0.3 is 0 Å². The Kier molecular flexibility index (Phi) is 6.21. The molecule has 1 atom stereocenters. The summed E-state index contributed by atoms with van der Waals surface area (Å²) < 4.78 is 7.99. The van der Waals surface area contributed by atoms with Crippen LogP contribution in [0, 0.1) is 0 Å². The Morgan fingerprint density at radius 3 is 2.71 bits per heavy atom. The van der Waals surface area contributed by atoms with Crippen LogP contribution in [0.15, 0.2) is 45.6 Å². The maximum Gasteiger partial charge on any atom is 0.124 e. The zero-order valence-electron chi connectivity index (χ0n) is 12.1. The molecule has 0 aliphatic rings. The molecular weight excluding hydrogens is 396 g/mol. The van der Waals surface area contributed by atoms with Crippen molar-refractivity contribution in [2.75, 3.05) is 6.54 Å². The summed E-state index contributed by atoms with van der Waals surface area (Å²) in [5, 5.41) is 3.42. The van der Waals surface area contributed by atoms with Crippen LogP contribution in [-0.4, -0.2) is 11.5 Å². The number of aromatic nitrogens is 1. The van der Waals surface area contributed by atoms with Crippen LogP contribution in [0.3, 0.4) is 0 Å². The Morgan fingerprint density at radius 2 is 2.00 bits per heavy atom. The molecule has 2 rings (SSSR count). The average Bonchev–Trinajstić information content (AvgIpc) is 2.46. The standard InChI is InChI=1S/C16H18Br2N2O/c1-3-20-11(2)15-7-13(17)4-5-16(15)21-10-12-6-14(18)9-19-8-12/h4-9,11,20H,3,10H2,1-2H3. The second-order valence-electron chi connectivity index (χ2n) is 4.76. The Labute approximate surface area is 142 Å². The predicted octanol–water partition coefficient (Wildman–Crippen LogP) is 4.86. The van der Waals surface area contributed by atoms with E-state index in [9.17, 15) is 0 Å². The molecule has 1 aromatic carbocycles. The van der Waals surface area contributed by atoms with Crippen LogP contribution in [0.4, 0.5) is 0 Å². The van der Waals surface area contributed by atoms with Gasteiger partial charge in [0.2, 0.25) is 0 Å². The van der Waals surface area contributed by atoms with Gasteiger partial charge in [0.25, 0.3) is 0 Å². The van der Waals surface area contributed by atoms with Gasteiger partial charge in [0, 0.05) is 38.5 Å². The highest BCUT2D eigenvalue weighted by Crippen LogP contribution is 2.29.